The molecule has 4 rings (SSSR count). The number of carbonyl (C=O) groups excluding carboxylic acids is 1. The summed E-state index contributed by atoms with van der Waals surface area (Å²) >= 11 is 12.0. The van der Waals surface area contributed by atoms with Gasteiger partial charge < -0.3 is 14.8 Å². The monoisotopic (exact) mass is 393 g/mol. The quantitative estimate of drug-likeness (QED) is 0.805. The number of hydrogen-bond acceptors (Lipinski definition) is 3. The first-order valence-electron chi connectivity index (χ1n) is 9.08. The van der Waals surface area contributed by atoms with Crippen LogP contribution in [0, 0.1) is 0 Å². The minimum absolute atomic E-state index is 0.0304. The van der Waals surface area contributed by atoms with Gasteiger partial charge in [0.1, 0.15) is 5.82 Å². The number of benzene rings is 1. The molecule has 0 radical (unpaired) electrons. The molecule has 1 aromatic carbocycles. The topological polar surface area (TPSA) is 63.1 Å². The zero-order valence-corrected chi connectivity index (χ0v) is 15.9. The number of likely N-dealkylation sites (tertiary alicyclic amines) is 1. The molecule has 2 aliphatic rings. The lowest BCUT2D eigenvalue weighted by molar-refractivity contribution is 0.203. The number of aromatic nitrogens is 3. The van der Waals surface area contributed by atoms with Crippen molar-refractivity contribution < 1.29 is 4.79 Å². The summed E-state index contributed by atoms with van der Waals surface area (Å²) in [7, 11) is 0. The lowest BCUT2D eigenvalue weighted by Gasteiger charge is -2.25. The molecule has 3 heterocycles. The van der Waals surface area contributed by atoms with Gasteiger partial charge in [0, 0.05) is 25.2 Å². The van der Waals surface area contributed by atoms with Gasteiger partial charge in [0.25, 0.3) is 0 Å². The van der Waals surface area contributed by atoms with Gasteiger partial charge in [0.2, 0.25) is 0 Å². The van der Waals surface area contributed by atoms with Crippen LogP contribution in [0.3, 0.4) is 0 Å². The highest BCUT2D eigenvalue weighted by Crippen LogP contribution is 2.33. The molecule has 1 atom stereocenters. The fourth-order valence-corrected chi connectivity index (χ4v) is 4.10. The zero-order chi connectivity index (χ0) is 18.1. The number of nitrogens with zero attached hydrogens (tertiary/aromatic N) is 4. The largest absolute Gasteiger partial charge is 0.322 e. The standard InChI is InChI=1S/C18H21Cl2N5O/c19-13-8-7-12(11-14(13)20)21-18(26)24-10-4-5-15(24)17-23-22-16-6-2-1-3-9-25(16)17/h7-8,11,15H,1-6,9-10H2,(H,21,26). The van der Waals surface area contributed by atoms with E-state index in [1.54, 1.807) is 18.2 Å². The van der Waals surface area contributed by atoms with Crippen LogP contribution in [0.1, 0.15) is 49.8 Å². The Kier molecular flexibility index (Phi) is 5.05. The van der Waals surface area contributed by atoms with Crippen molar-refractivity contribution >= 4 is 34.9 Å². The molecule has 8 heteroatoms. The van der Waals surface area contributed by atoms with Crippen molar-refractivity contribution in [1.82, 2.24) is 19.7 Å². The van der Waals surface area contributed by atoms with E-state index >= 15 is 0 Å². The van der Waals surface area contributed by atoms with Crippen molar-refractivity contribution in [1.29, 1.82) is 0 Å². The maximum atomic E-state index is 12.8. The van der Waals surface area contributed by atoms with Gasteiger partial charge in [-0.1, -0.05) is 29.6 Å². The van der Waals surface area contributed by atoms with Crippen LogP contribution < -0.4 is 5.32 Å². The van der Waals surface area contributed by atoms with Crippen molar-refractivity contribution in [3.8, 4) is 0 Å². The molecule has 0 aliphatic carbocycles. The highest BCUT2D eigenvalue weighted by Gasteiger charge is 2.34. The molecule has 2 aromatic rings. The third-order valence-corrected chi connectivity index (χ3v) is 5.86. The minimum Gasteiger partial charge on any atom is -0.314 e. The van der Waals surface area contributed by atoms with Crippen molar-refractivity contribution in [3.63, 3.8) is 0 Å². The molecule has 0 spiro atoms. The van der Waals surface area contributed by atoms with Crippen LogP contribution in [-0.4, -0.2) is 32.2 Å². The molecule has 0 saturated carbocycles. The number of amides is 2. The highest BCUT2D eigenvalue weighted by molar-refractivity contribution is 6.42. The van der Waals surface area contributed by atoms with E-state index in [-0.39, 0.29) is 12.1 Å². The van der Waals surface area contributed by atoms with Crippen LogP contribution in [0.25, 0.3) is 0 Å². The van der Waals surface area contributed by atoms with Gasteiger partial charge >= 0.3 is 6.03 Å². The Balaban J connectivity index is 1.54. The Bertz CT molecular complexity index is 822. The van der Waals surface area contributed by atoms with Gasteiger partial charge in [0.15, 0.2) is 5.82 Å². The Morgan fingerprint density at radius 3 is 2.81 bits per heavy atom. The molecule has 1 fully saturated rings. The number of hydrogen-bond donors (Lipinski definition) is 1. The smallest absolute Gasteiger partial charge is 0.314 e. The number of nitrogens with one attached hydrogen (secondary N) is 1. The second kappa shape index (κ2) is 7.45. The van der Waals surface area contributed by atoms with E-state index in [0.29, 0.717) is 22.3 Å². The number of halogens is 2. The summed E-state index contributed by atoms with van der Waals surface area (Å²) in [5.74, 6) is 1.97. The molecule has 1 unspecified atom stereocenters. The van der Waals surface area contributed by atoms with Crippen molar-refractivity contribution in [2.75, 3.05) is 11.9 Å². The first-order chi connectivity index (χ1) is 12.6. The molecule has 1 aromatic heterocycles. The molecular formula is C18H21Cl2N5O. The summed E-state index contributed by atoms with van der Waals surface area (Å²) in [5, 5.41) is 12.6. The molecule has 2 amide bonds. The van der Waals surface area contributed by atoms with Gasteiger partial charge in [-0.05, 0) is 43.9 Å². The molecule has 6 nitrogen and oxygen atoms in total. The minimum atomic E-state index is -0.142. The Hall–Kier alpha value is -1.79. The number of carbonyl (C=O) groups is 1. The predicted octanol–water partition coefficient (Wildman–Crippen LogP) is 4.68. The van der Waals surface area contributed by atoms with Crippen molar-refractivity contribution in [3.05, 3.63) is 39.9 Å². The second-order valence-electron chi connectivity index (χ2n) is 6.85. The lowest BCUT2D eigenvalue weighted by Crippen LogP contribution is -2.35. The SMILES string of the molecule is O=C(Nc1ccc(Cl)c(Cl)c1)N1CCCC1c1nnc2n1CCCCC2. The highest BCUT2D eigenvalue weighted by atomic mass is 35.5. The molecule has 138 valence electrons. The third-order valence-electron chi connectivity index (χ3n) is 5.12. The Morgan fingerprint density at radius 1 is 1.08 bits per heavy atom. The van der Waals surface area contributed by atoms with Crippen LogP contribution in [0.4, 0.5) is 10.5 Å². The van der Waals surface area contributed by atoms with Crippen LogP contribution in [0.15, 0.2) is 18.2 Å². The number of aryl methyl sites for hydroxylation is 1. The molecule has 2 aliphatic heterocycles. The maximum Gasteiger partial charge on any atom is 0.322 e. The van der Waals surface area contributed by atoms with Gasteiger partial charge in [-0.2, -0.15) is 0 Å². The van der Waals surface area contributed by atoms with Crippen molar-refractivity contribution in [2.24, 2.45) is 0 Å². The number of fused-ring (bicyclic) bond motifs is 1. The summed E-state index contributed by atoms with van der Waals surface area (Å²) in [5.41, 5.74) is 0.634. The third kappa shape index (κ3) is 3.40. The summed E-state index contributed by atoms with van der Waals surface area (Å²) in [4.78, 5) is 14.7. The molecule has 0 bridgehead atoms. The van der Waals surface area contributed by atoms with Crippen LogP contribution in [0.5, 0.6) is 0 Å². The van der Waals surface area contributed by atoms with E-state index in [1.807, 2.05) is 4.90 Å². The predicted molar refractivity (Wildman–Crippen MR) is 102 cm³/mol. The average molecular weight is 394 g/mol. The summed E-state index contributed by atoms with van der Waals surface area (Å²) in [6.45, 7) is 1.65. The number of anilines is 1. The Morgan fingerprint density at radius 2 is 1.96 bits per heavy atom. The summed E-state index contributed by atoms with van der Waals surface area (Å²) in [6.07, 6.45) is 6.35. The fourth-order valence-electron chi connectivity index (χ4n) is 3.80. The fraction of sp³-hybridized carbons (Fsp3) is 0.500. The van der Waals surface area contributed by atoms with Crippen LogP contribution in [0.2, 0.25) is 10.0 Å². The lowest BCUT2D eigenvalue weighted by atomic mass is 10.2. The first-order valence-corrected chi connectivity index (χ1v) is 9.84. The van der Waals surface area contributed by atoms with Gasteiger partial charge in [0.05, 0.1) is 16.1 Å². The number of rotatable bonds is 2. The van der Waals surface area contributed by atoms with Crippen molar-refractivity contribution in [2.45, 2.75) is 51.1 Å². The second-order valence-corrected chi connectivity index (χ2v) is 7.66. The molecular weight excluding hydrogens is 373 g/mol. The van der Waals surface area contributed by atoms with Crippen LogP contribution >= 0.6 is 23.2 Å². The van der Waals surface area contributed by atoms with Crippen LogP contribution in [-0.2, 0) is 13.0 Å². The average Bonchev–Trinajstić information content (AvgIpc) is 3.19. The Labute approximate surface area is 162 Å². The van der Waals surface area contributed by atoms with E-state index in [1.165, 1.54) is 6.42 Å². The van der Waals surface area contributed by atoms with E-state index < -0.39 is 0 Å². The summed E-state index contributed by atoms with van der Waals surface area (Å²) in [6, 6.07) is 4.92. The van der Waals surface area contributed by atoms with Gasteiger partial charge in [-0.15, -0.1) is 10.2 Å². The zero-order valence-electron chi connectivity index (χ0n) is 14.4. The summed E-state index contributed by atoms with van der Waals surface area (Å²) < 4.78 is 2.22. The van der Waals surface area contributed by atoms with Gasteiger partial charge in [-0.3, -0.25) is 0 Å². The van der Waals surface area contributed by atoms with E-state index in [9.17, 15) is 4.79 Å². The van der Waals surface area contributed by atoms with E-state index in [2.05, 4.69) is 20.1 Å². The van der Waals surface area contributed by atoms with Gasteiger partial charge in [-0.25, -0.2) is 4.79 Å². The van der Waals surface area contributed by atoms with E-state index in [4.69, 9.17) is 23.2 Å². The molecule has 26 heavy (non-hydrogen) atoms. The normalized spacial score (nSPS) is 19.9. The first kappa shape index (κ1) is 17.6. The molecule has 1 saturated heterocycles. The maximum absolute atomic E-state index is 12.8. The number of urea groups is 1. The van der Waals surface area contributed by atoms with E-state index in [0.717, 1.165) is 50.3 Å². The molecule has 1 N–H and O–H groups in total.